The number of rotatable bonds is 6. The Bertz CT molecular complexity index is 547. The van der Waals surface area contributed by atoms with Gasteiger partial charge in [-0.15, -0.1) is 24.8 Å². The highest BCUT2D eigenvalue weighted by Gasteiger charge is 2.10. The van der Waals surface area contributed by atoms with Crippen LogP contribution in [0.1, 0.15) is 36.8 Å². The maximum absolute atomic E-state index is 13.5. The molecule has 1 saturated heterocycles. The fourth-order valence-electron chi connectivity index (χ4n) is 2.84. The minimum atomic E-state index is -0.228. The van der Waals surface area contributed by atoms with Crippen molar-refractivity contribution in [3.05, 3.63) is 41.2 Å². The lowest BCUT2D eigenvalue weighted by Gasteiger charge is -2.26. The first-order valence-electron chi connectivity index (χ1n) is 7.85. The van der Waals surface area contributed by atoms with Crippen LogP contribution in [-0.2, 0) is 6.42 Å². The Hall–Kier alpha value is -1.30. The standard InChI is InChI=1S/C17H24FN3O.2ClH/c18-16-8-6-14(7-9-17(19)20-22)15(13-16)5-4-12-21-10-2-1-3-11-21;;/h6-9,13,22H,1-5,10-12H2,(H2,19,20);2*1H. The normalized spacial score (nSPS) is 15.8. The summed E-state index contributed by atoms with van der Waals surface area (Å²) in [4.78, 5) is 2.48. The van der Waals surface area contributed by atoms with Crippen LogP contribution in [0.2, 0.25) is 0 Å². The van der Waals surface area contributed by atoms with E-state index in [1.165, 1.54) is 44.5 Å². The molecule has 1 aliphatic heterocycles. The highest BCUT2D eigenvalue weighted by Crippen LogP contribution is 2.16. The van der Waals surface area contributed by atoms with Crippen molar-refractivity contribution in [3.63, 3.8) is 0 Å². The van der Waals surface area contributed by atoms with E-state index in [0.717, 1.165) is 30.5 Å². The van der Waals surface area contributed by atoms with Crippen LogP contribution in [0, 0.1) is 5.82 Å². The Morgan fingerprint density at radius 1 is 1.25 bits per heavy atom. The zero-order valence-electron chi connectivity index (χ0n) is 13.7. The summed E-state index contributed by atoms with van der Waals surface area (Å²) in [6.07, 6.45) is 9.01. The number of likely N-dealkylation sites (tertiary alicyclic amines) is 1. The number of nitrogens with zero attached hydrogens (tertiary/aromatic N) is 2. The molecule has 0 amide bonds. The second kappa shape index (κ2) is 12.1. The number of oxime groups is 1. The van der Waals surface area contributed by atoms with Crippen molar-refractivity contribution in [2.24, 2.45) is 10.9 Å². The molecule has 0 aliphatic carbocycles. The first-order valence-corrected chi connectivity index (χ1v) is 7.85. The summed E-state index contributed by atoms with van der Waals surface area (Å²) in [5.41, 5.74) is 7.30. The molecule has 0 saturated carbocycles. The van der Waals surface area contributed by atoms with E-state index >= 15 is 0 Å². The lowest BCUT2D eigenvalue weighted by molar-refractivity contribution is 0.226. The monoisotopic (exact) mass is 377 g/mol. The summed E-state index contributed by atoms with van der Waals surface area (Å²) in [6.45, 7) is 3.42. The minimum absolute atomic E-state index is 0. The van der Waals surface area contributed by atoms with E-state index in [4.69, 9.17) is 10.9 Å². The summed E-state index contributed by atoms with van der Waals surface area (Å²) < 4.78 is 13.5. The largest absolute Gasteiger partial charge is 0.409 e. The van der Waals surface area contributed by atoms with Gasteiger partial charge in [0.2, 0.25) is 0 Å². The van der Waals surface area contributed by atoms with E-state index in [2.05, 4.69) is 10.1 Å². The van der Waals surface area contributed by atoms with E-state index in [0.29, 0.717) is 0 Å². The number of halogens is 3. The van der Waals surface area contributed by atoms with Crippen LogP contribution >= 0.6 is 24.8 Å². The van der Waals surface area contributed by atoms with Gasteiger partial charge in [-0.2, -0.15) is 0 Å². The van der Waals surface area contributed by atoms with Gasteiger partial charge in [0.05, 0.1) is 0 Å². The molecule has 0 atom stereocenters. The minimum Gasteiger partial charge on any atom is -0.409 e. The molecule has 1 aromatic rings. The fraction of sp³-hybridized carbons (Fsp3) is 0.471. The van der Waals surface area contributed by atoms with E-state index in [9.17, 15) is 4.39 Å². The van der Waals surface area contributed by atoms with Crippen LogP contribution in [0.3, 0.4) is 0 Å². The number of aryl methyl sites for hydroxylation is 1. The molecular formula is C17H26Cl2FN3O. The van der Waals surface area contributed by atoms with Crippen molar-refractivity contribution in [2.75, 3.05) is 19.6 Å². The molecule has 136 valence electrons. The van der Waals surface area contributed by atoms with E-state index < -0.39 is 0 Å². The Labute approximate surface area is 155 Å². The Morgan fingerprint density at radius 2 is 1.96 bits per heavy atom. The zero-order chi connectivity index (χ0) is 15.8. The smallest absolute Gasteiger partial charge is 0.162 e. The Kier molecular flexibility index (Phi) is 11.5. The fourth-order valence-corrected chi connectivity index (χ4v) is 2.84. The molecule has 1 fully saturated rings. The number of piperidine rings is 1. The molecule has 1 aromatic carbocycles. The molecule has 24 heavy (non-hydrogen) atoms. The highest BCUT2D eigenvalue weighted by atomic mass is 35.5. The van der Waals surface area contributed by atoms with Gasteiger partial charge in [-0.3, -0.25) is 0 Å². The van der Waals surface area contributed by atoms with Crippen LogP contribution in [0.4, 0.5) is 4.39 Å². The van der Waals surface area contributed by atoms with Crippen molar-refractivity contribution in [1.29, 1.82) is 0 Å². The summed E-state index contributed by atoms with van der Waals surface area (Å²) in [5, 5.41) is 11.5. The second-order valence-corrected chi connectivity index (χ2v) is 5.71. The lowest BCUT2D eigenvalue weighted by Crippen LogP contribution is -2.30. The predicted molar refractivity (Wildman–Crippen MR) is 102 cm³/mol. The van der Waals surface area contributed by atoms with Gasteiger partial charge >= 0.3 is 0 Å². The summed E-state index contributed by atoms with van der Waals surface area (Å²) in [6, 6.07) is 4.73. The van der Waals surface area contributed by atoms with Crippen LogP contribution in [0.5, 0.6) is 0 Å². The van der Waals surface area contributed by atoms with Crippen LogP contribution in [0.25, 0.3) is 6.08 Å². The number of nitrogens with two attached hydrogens (primary N) is 1. The predicted octanol–water partition coefficient (Wildman–Crippen LogP) is 3.85. The highest BCUT2D eigenvalue weighted by molar-refractivity contribution is 5.94. The van der Waals surface area contributed by atoms with Crippen LogP contribution < -0.4 is 5.73 Å². The Balaban J connectivity index is 0.00000264. The van der Waals surface area contributed by atoms with Crippen LogP contribution in [0.15, 0.2) is 29.4 Å². The molecule has 2 rings (SSSR count). The molecule has 0 bridgehead atoms. The van der Waals surface area contributed by atoms with Crippen LogP contribution in [-0.4, -0.2) is 35.6 Å². The molecule has 0 unspecified atom stereocenters. The third kappa shape index (κ3) is 7.51. The van der Waals surface area contributed by atoms with E-state index in [-0.39, 0.29) is 36.5 Å². The first-order chi connectivity index (χ1) is 10.7. The van der Waals surface area contributed by atoms with Crippen molar-refractivity contribution in [3.8, 4) is 0 Å². The summed E-state index contributed by atoms with van der Waals surface area (Å²) in [5.74, 6) is -0.197. The van der Waals surface area contributed by atoms with Gasteiger partial charge in [-0.1, -0.05) is 23.7 Å². The summed E-state index contributed by atoms with van der Waals surface area (Å²) in [7, 11) is 0. The van der Waals surface area contributed by atoms with Gasteiger partial charge in [-0.25, -0.2) is 4.39 Å². The van der Waals surface area contributed by atoms with E-state index in [1.54, 1.807) is 18.2 Å². The number of hydrogen-bond donors (Lipinski definition) is 2. The van der Waals surface area contributed by atoms with Crippen molar-refractivity contribution in [1.82, 2.24) is 4.90 Å². The van der Waals surface area contributed by atoms with Gasteiger partial charge < -0.3 is 15.8 Å². The maximum atomic E-state index is 13.5. The van der Waals surface area contributed by atoms with Crippen molar-refractivity contribution in [2.45, 2.75) is 32.1 Å². The average Bonchev–Trinajstić information content (AvgIpc) is 2.54. The third-order valence-electron chi connectivity index (χ3n) is 4.02. The van der Waals surface area contributed by atoms with Gasteiger partial charge in [0, 0.05) is 0 Å². The van der Waals surface area contributed by atoms with Gasteiger partial charge in [-0.05, 0) is 74.7 Å². The summed E-state index contributed by atoms with van der Waals surface area (Å²) >= 11 is 0. The molecule has 3 N–H and O–H groups in total. The second-order valence-electron chi connectivity index (χ2n) is 5.71. The number of hydrogen-bond acceptors (Lipinski definition) is 3. The Morgan fingerprint density at radius 3 is 2.62 bits per heavy atom. The first kappa shape index (κ1) is 22.7. The van der Waals surface area contributed by atoms with Gasteiger partial charge in [0.25, 0.3) is 0 Å². The molecule has 7 heteroatoms. The molecule has 4 nitrogen and oxygen atoms in total. The SMILES string of the molecule is Cl.Cl.NC(C=Cc1ccc(F)cc1CCCN1CCCCC1)=NO. The van der Waals surface area contributed by atoms with Crippen molar-refractivity contribution >= 4 is 36.7 Å². The topological polar surface area (TPSA) is 61.8 Å². The molecular weight excluding hydrogens is 352 g/mol. The third-order valence-corrected chi connectivity index (χ3v) is 4.02. The molecule has 1 heterocycles. The quantitative estimate of drug-likeness (QED) is 0.342. The van der Waals surface area contributed by atoms with Gasteiger partial charge in [0.15, 0.2) is 5.84 Å². The van der Waals surface area contributed by atoms with E-state index in [1.807, 2.05) is 0 Å². The average molecular weight is 378 g/mol. The van der Waals surface area contributed by atoms with Crippen molar-refractivity contribution < 1.29 is 9.60 Å². The molecule has 0 spiro atoms. The van der Waals surface area contributed by atoms with Gasteiger partial charge in [0.1, 0.15) is 5.82 Å². The number of benzene rings is 1. The maximum Gasteiger partial charge on any atom is 0.162 e. The molecule has 0 radical (unpaired) electrons. The molecule has 0 aromatic heterocycles. The number of amidine groups is 1. The lowest BCUT2D eigenvalue weighted by atomic mass is 10.0. The molecule has 1 aliphatic rings. The zero-order valence-corrected chi connectivity index (χ0v) is 15.3.